The maximum absolute atomic E-state index is 12.1. The fourth-order valence-corrected chi connectivity index (χ4v) is 3.50. The first-order valence-corrected chi connectivity index (χ1v) is 10.4. The van der Waals surface area contributed by atoms with E-state index in [1.807, 2.05) is 42.5 Å². The first-order valence-electron chi connectivity index (χ1n) is 9.03. The fourth-order valence-electron chi connectivity index (χ4n) is 2.63. The molecule has 0 saturated carbocycles. The van der Waals surface area contributed by atoms with Crippen LogP contribution in [0.15, 0.2) is 64.3 Å². The first kappa shape index (κ1) is 20.1. The van der Waals surface area contributed by atoms with Crippen LogP contribution in [0.2, 0.25) is 5.02 Å². The second-order valence-electron chi connectivity index (χ2n) is 6.35. The van der Waals surface area contributed by atoms with Crippen molar-refractivity contribution in [2.75, 3.05) is 5.75 Å². The lowest BCUT2D eigenvalue weighted by Crippen LogP contribution is -2.24. The number of amides is 1. The van der Waals surface area contributed by atoms with Crippen LogP contribution in [0.25, 0.3) is 23.1 Å². The van der Waals surface area contributed by atoms with Gasteiger partial charge in [0.2, 0.25) is 17.6 Å². The lowest BCUT2D eigenvalue weighted by Gasteiger charge is -2.05. The van der Waals surface area contributed by atoms with Gasteiger partial charge in [-0.2, -0.15) is 4.98 Å². The van der Waals surface area contributed by atoms with Gasteiger partial charge in [-0.05, 0) is 17.7 Å². The predicted molar refractivity (Wildman–Crippen MR) is 114 cm³/mol. The molecule has 0 unspecified atom stereocenters. The molecule has 10 heteroatoms. The zero-order valence-corrected chi connectivity index (χ0v) is 17.5. The van der Waals surface area contributed by atoms with Gasteiger partial charge >= 0.3 is 0 Å². The number of carbonyl (C=O) groups is 1. The minimum Gasteiger partial charge on any atom is -0.351 e. The molecule has 4 aromatic rings. The highest BCUT2D eigenvalue weighted by Crippen LogP contribution is 2.24. The molecule has 0 radical (unpaired) electrons. The second-order valence-corrected chi connectivity index (χ2v) is 7.73. The highest BCUT2D eigenvalue weighted by Gasteiger charge is 2.18. The predicted octanol–water partition coefficient (Wildman–Crippen LogP) is 3.59. The fraction of sp³-hybridized carbons (Fsp3) is 0.150. The summed E-state index contributed by atoms with van der Waals surface area (Å²) in [7, 11) is 1.79. The third-order valence-corrected chi connectivity index (χ3v) is 5.49. The van der Waals surface area contributed by atoms with Crippen LogP contribution in [0.5, 0.6) is 0 Å². The van der Waals surface area contributed by atoms with Gasteiger partial charge in [-0.3, -0.25) is 4.79 Å². The van der Waals surface area contributed by atoms with Crippen molar-refractivity contribution < 1.29 is 9.32 Å². The normalized spacial score (nSPS) is 10.9. The average molecular weight is 441 g/mol. The van der Waals surface area contributed by atoms with Crippen LogP contribution in [-0.2, 0) is 18.4 Å². The molecule has 0 atom stereocenters. The summed E-state index contributed by atoms with van der Waals surface area (Å²) < 4.78 is 7.06. The van der Waals surface area contributed by atoms with E-state index < -0.39 is 0 Å². The molecule has 0 aliphatic heterocycles. The number of benzene rings is 2. The van der Waals surface area contributed by atoms with E-state index in [0.717, 1.165) is 11.1 Å². The van der Waals surface area contributed by atoms with Crippen LogP contribution in [-0.4, -0.2) is 36.6 Å². The molecular weight excluding hydrogens is 424 g/mol. The van der Waals surface area contributed by atoms with E-state index in [0.29, 0.717) is 28.4 Å². The summed E-state index contributed by atoms with van der Waals surface area (Å²) >= 11 is 7.14. The van der Waals surface area contributed by atoms with Crippen LogP contribution in [0.3, 0.4) is 0 Å². The number of halogens is 1. The van der Waals surface area contributed by atoms with Gasteiger partial charge in [0.15, 0.2) is 5.16 Å². The van der Waals surface area contributed by atoms with Gasteiger partial charge in [0, 0.05) is 24.2 Å². The van der Waals surface area contributed by atoms with E-state index >= 15 is 0 Å². The van der Waals surface area contributed by atoms with Gasteiger partial charge in [-0.25, -0.2) is 0 Å². The maximum atomic E-state index is 12.1. The smallest absolute Gasteiger partial charge is 0.296 e. The van der Waals surface area contributed by atoms with Gasteiger partial charge in [0.25, 0.3) is 5.89 Å². The molecule has 0 saturated heterocycles. The van der Waals surface area contributed by atoms with Gasteiger partial charge in [0.05, 0.1) is 5.75 Å². The van der Waals surface area contributed by atoms with E-state index in [2.05, 4.69) is 25.7 Å². The zero-order valence-electron chi connectivity index (χ0n) is 15.9. The van der Waals surface area contributed by atoms with Crippen molar-refractivity contribution in [2.24, 2.45) is 7.05 Å². The quantitative estimate of drug-likeness (QED) is 0.438. The van der Waals surface area contributed by atoms with Gasteiger partial charge in [-0.15, -0.1) is 10.2 Å². The Balaban J connectivity index is 1.36. The summed E-state index contributed by atoms with van der Waals surface area (Å²) in [4.78, 5) is 16.5. The van der Waals surface area contributed by atoms with Crippen molar-refractivity contribution in [3.8, 4) is 23.1 Å². The number of nitrogens with one attached hydrogen (secondary N) is 1. The summed E-state index contributed by atoms with van der Waals surface area (Å²) in [6.45, 7) is 0.435. The highest BCUT2D eigenvalue weighted by atomic mass is 35.5. The van der Waals surface area contributed by atoms with Crippen LogP contribution in [0, 0.1) is 0 Å². The number of hydrogen-bond donors (Lipinski definition) is 1. The lowest BCUT2D eigenvalue weighted by atomic mass is 10.2. The Kier molecular flexibility index (Phi) is 6.10. The highest BCUT2D eigenvalue weighted by molar-refractivity contribution is 7.99. The summed E-state index contributed by atoms with van der Waals surface area (Å²) in [6.07, 6.45) is 0. The van der Waals surface area contributed by atoms with Crippen LogP contribution in [0.1, 0.15) is 5.56 Å². The van der Waals surface area contributed by atoms with Crippen LogP contribution < -0.4 is 5.32 Å². The number of rotatable bonds is 7. The Bertz CT molecular complexity index is 1140. The molecule has 8 nitrogen and oxygen atoms in total. The largest absolute Gasteiger partial charge is 0.351 e. The second kappa shape index (κ2) is 9.10. The topological polar surface area (TPSA) is 98.7 Å². The van der Waals surface area contributed by atoms with E-state index in [1.54, 1.807) is 23.7 Å². The molecule has 0 bridgehead atoms. The Morgan fingerprint density at radius 3 is 2.67 bits per heavy atom. The molecular formula is C20H17ClN6O2S. The van der Waals surface area contributed by atoms with E-state index in [-0.39, 0.29) is 17.6 Å². The Morgan fingerprint density at radius 2 is 1.90 bits per heavy atom. The molecule has 0 fully saturated rings. The molecule has 2 heterocycles. The van der Waals surface area contributed by atoms with Gasteiger partial charge < -0.3 is 14.4 Å². The van der Waals surface area contributed by atoms with E-state index in [9.17, 15) is 4.79 Å². The summed E-state index contributed by atoms with van der Waals surface area (Å²) in [5.41, 5.74) is 1.82. The van der Waals surface area contributed by atoms with Crippen molar-refractivity contribution >= 4 is 29.3 Å². The van der Waals surface area contributed by atoms with Crippen molar-refractivity contribution in [1.82, 2.24) is 30.2 Å². The molecule has 0 spiro atoms. The molecule has 1 amide bonds. The number of nitrogens with zero attached hydrogens (tertiary/aromatic N) is 5. The standard InChI is InChI=1S/C20H17ClN6O2S/c1-27-18(19-23-17(26-29-19)14-5-3-2-4-6-14)24-25-20(27)30-12-16(28)22-11-13-7-9-15(21)10-8-13/h2-10H,11-12H2,1H3,(H,22,28). The van der Waals surface area contributed by atoms with Crippen molar-refractivity contribution in [2.45, 2.75) is 11.7 Å². The number of thioether (sulfide) groups is 1. The number of hydrogen-bond acceptors (Lipinski definition) is 7. The third kappa shape index (κ3) is 4.69. The Labute approximate surface area is 181 Å². The van der Waals surface area contributed by atoms with Crippen molar-refractivity contribution in [3.05, 3.63) is 65.2 Å². The number of carbonyl (C=O) groups excluding carboxylic acids is 1. The molecule has 30 heavy (non-hydrogen) atoms. The summed E-state index contributed by atoms with van der Waals surface area (Å²) in [6, 6.07) is 16.9. The SMILES string of the molecule is Cn1c(SCC(=O)NCc2ccc(Cl)cc2)nnc1-c1nc(-c2ccccc2)no1. The summed E-state index contributed by atoms with van der Waals surface area (Å²) in [5, 5.41) is 16.4. The minimum atomic E-state index is -0.108. The van der Waals surface area contributed by atoms with Crippen molar-refractivity contribution in [3.63, 3.8) is 0 Å². The number of aromatic nitrogens is 5. The molecule has 2 aromatic heterocycles. The molecule has 0 aliphatic carbocycles. The molecule has 2 aromatic carbocycles. The van der Waals surface area contributed by atoms with Crippen molar-refractivity contribution in [1.29, 1.82) is 0 Å². The van der Waals surface area contributed by atoms with Crippen LogP contribution in [0.4, 0.5) is 0 Å². The zero-order chi connectivity index (χ0) is 20.9. The Hall–Kier alpha value is -3.17. The molecule has 1 N–H and O–H groups in total. The minimum absolute atomic E-state index is 0.108. The monoisotopic (exact) mass is 440 g/mol. The molecule has 0 aliphatic rings. The summed E-state index contributed by atoms with van der Waals surface area (Å²) in [5.74, 6) is 1.28. The van der Waals surface area contributed by atoms with Gasteiger partial charge in [0.1, 0.15) is 0 Å². The first-order chi connectivity index (χ1) is 14.6. The maximum Gasteiger partial charge on any atom is 0.296 e. The molecule has 152 valence electrons. The third-order valence-electron chi connectivity index (χ3n) is 4.22. The van der Waals surface area contributed by atoms with Gasteiger partial charge in [-0.1, -0.05) is 71.0 Å². The Morgan fingerprint density at radius 1 is 1.13 bits per heavy atom. The van der Waals surface area contributed by atoms with E-state index in [1.165, 1.54) is 11.8 Å². The lowest BCUT2D eigenvalue weighted by molar-refractivity contribution is -0.118. The molecule has 4 rings (SSSR count). The van der Waals surface area contributed by atoms with E-state index in [4.69, 9.17) is 16.1 Å². The average Bonchev–Trinajstić information content (AvgIpc) is 3.39. The van der Waals surface area contributed by atoms with Crippen LogP contribution >= 0.6 is 23.4 Å².